The molecule has 3 N–H and O–H groups in total. The first-order valence-corrected chi connectivity index (χ1v) is 17.7. The molecule has 3 saturated carbocycles. The lowest BCUT2D eigenvalue weighted by atomic mass is 9.48. The van der Waals surface area contributed by atoms with Crippen LogP contribution >= 0.6 is 0 Å². The maximum atomic E-state index is 12.6. The van der Waals surface area contributed by atoms with Crippen molar-refractivity contribution in [1.29, 1.82) is 0 Å². The number of hydrogen-bond donors (Lipinski definition) is 3. The molecule has 0 saturated heterocycles. The van der Waals surface area contributed by atoms with Gasteiger partial charge in [0, 0.05) is 43.3 Å². The van der Waals surface area contributed by atoms with Crippen LogP contribution in [-0.2, 0) is 9.53 Å². The summed E-state index contributed by atoms with van der Waals surface area (Å²) in [7, 11) is 1.68. The zero-order chi connectivity index (χ0) is 31.6. The lowest BCUT2D eigenvalue weighted by molar-refractivity contribution is -0.122. The van der Waals surface area contributed by atoms with Crippen LogP contribution in [0.4, 0.5) is 5.69 Å². The van der Waals surface area contributed by atoms with Crippen LogP contribution in [0.5, 0.6) is 5.75 Å². The number of nitrogens with one attached hydrogen (secondary N) is 2. The van der Waals surface area contributed by atoms with E-state index in [-0.39, 0.29) is 28.9 Å². The smallest absolute Gasteiger partial charge is 0.220 e. The van der Waals surface area contributed by atoms with Crippen molar-refractivity contribution in [1.82, 2.24) is 10.3 Å². The molecular formula is C38H55N3O4. The SMILES string of the molecule is COc1cc(NC(C)CCCNC(=O)CCCO[C@H]2CC[C@H]3[C@@H]4CC=C5C[C@@H](O)CC[C@]5(C)[C@H]4CC[C@]23C)c2ncccc2c1. The van der Waals surface area contributed by atoms with E-state index in [1.54, 1.807) is 12.7 Å². The van der Waals surface area contributed by atoms with E-state index in [9.17, 15) is 9.90 Å². The predicted molar refractivity (Wildman–Crippen MR) is 180 cm³/mol. The molecule has 1 heterocycles. The van der Waals surface area contributed by atoms with E-state index in [1.807, 2.05) is 30.5 Å². The lowest BCUT2D eigenvalue weighted by Gasteiger charge is -2.57. The number of anilines is 1. The Hall–Kier alpha value is -2.64. The number of fused-ring (bicyclic) bond motifs is 6. The van der Waals surface area contributed by atoms with Crippen LogP contribution in [0, 0.1) is 28.6 Å². The predicted octanol–water partition coefficient (Wildman–Crippen LogP) is 7.43. The lowest BCUT2D eigenvalue weighted by Crippen LogP contribution is -2.51. The van der Waals surface area contributed by atoms with Gasteiger partial charge in [0.15, 0.2) is 0 Å². The fraction of sp³-hybridized carbons (Fsp3) is 0.684. The monoisotopic (exact) mass is 617 g/mol. The zero-order valence-corrected chi connectivity index (χ0v) is 27.9. The van der Waals surface area contributed by atoms with E-state index >= 15 is 0 Å². The number of aromatic nitrogens is 1. The first-order chi connectivity index (χ1) is 21.7. The number of rotatable bonds is 12. The molecule has 7 nitrogen and oxygen atoms in total. The van der Waals surface area contributed by atoms with Gasteiger partial charge in [-0.2, -0.15) is 0 Å². The van der Waals surface area contributed by atoms with Gasteiger partial charge in [0.1, 0.15) is 5.75 Å². The molecule has 7 heteroatoms. The summed E-state index contributed by atoms with van der Waals surface area (Å²) in [6.45, 7) is 8.50. The molecule has 1 aromatic heterocycles. The molecule has 1 aromatic carbocycles. The molecule has 0 bridgehead atoms. The number of nitrogens with zero attached hydrogens (tertiary/aromatic N) is 1. The van der Waals surface area contributed by atoms with Crippen LogP contribution in [0.15, 0.2) is 42.1 Å². The minimum atomic E-state index is -0.142. The number of amides is 1. The summed E-state index contributed by atoms with van der Waals surface area (Å²) in [5.74, 6) is 3.15. The summed E-state index contributed by atoms with van der Waals surface area (Å²) in [5.41, 5.74) is 3.99. The van der Waals surface area contributed by atoms with Crippen LogP contribution in [0.3, 0.4) is 0 Å². The Balaban J connectivity index is 0.899. The van der Waals surface area contributed by atoms with Gasteiger partial charge in [0.25, 0.3) is 0 Å². The number of aliphatic hydroxyl groups excluding tert-OH is 1. The van der Waals surface area contributed by atoms with E-state index in [0.29, 0.717) is 25.7 Å². The fourth-order valence-corrected chi connectivity index (χ4v) is 9.78. The van der Waals surface area contributed by atoms with Crippen molar-refractivity contribution in [3.8, 4) is 5.75 Å². The zero-order valence-electron chi connectivity index (χ0n) is 27.9. The van der Waals surface area contributed by atoms with Crippen LogP contribution in [0.1, 0.15) is 97.8 Å². The molecule has 1 amide bonds. The normalized spacial score (nSPS) is 33.0. The van der Waals surface area contributed by atoms with Crippen molar-refractivity contribution in [3.05, 3.63) is 42.1 Å². The highest BCUT2D eigenvalue weighted by atomic mass is 16.5. The molecular weight excluding hydrogens is 562 g/mol. The molecule has 0 spiro atoms. The van der Waals surface area contributed by atoms with E-state index in [0.717, 1.165) is 85.0 Å². The standard InChI is InChI=1S/C38H55N3O4/c1-25(41-33-24-29(44-4)22-26-9-6-20-40-36(26)33)8-5-19-39-35(43)10-7-21-45-34-14-13-31-30-12-11-27-23-28(42)15-17-37(27,2)32(30)16-18-38(31,34)3/h6,9,11,20,22,24-25,28,30-32,34,41-42H,5,7-8,10,12-19,21,23H2,1-4H3,(H,39,43)/t25?,28-,30-,31-,32-,34-,37-,38-/m0/s1. The summed E-state index contributed by atoms with van der Waals surface area (Å²) < 4.78 is 12.0. The number of carbonyl (C=O) groups excluding carboxylic acids is 1. The van der Waals surface area contributed by atoms with Crippen LogP contribution in [0.2, 0.25) is 0 Å². The van der Waals surface area contributed by atoms with Gasteiger partial charge in [-0.15, -0.1) is 0 Å². The molecule has 6 rings (SSSR count). The van der Waals surface area contributed by atoms with Gasteiger partial charge in [-0.25, -0.2) is 0 Å². The molecule has 8 atom stereocenters. The van der Waals surface area contributed by atoms with Gasteiger partial charge in [-0.1, -0.05) is 31.6 Å². The van der Waals surface area contributed by atoms with Gasteiger partial charge in [-0.05, 0) is 118 Å². The average molecular weight is 618 g/mol. The third kappa shape index (κ3) is 6.62. The van der Waals surface area contributed by atoms with Crippen LogP contribution in [0.25, 0.3) is 10.9 Å². The number of carbonyl (C=O) groups is 1. The van der Waals surface area contributed by atoms with Crippen molar-refractivity contribution in [3.63, 3.8) is 0 Å². The number of allylic oxidation sites excluding steroid dienone is 1. The highest BCUT2D eigenvalue weighted by Crippen LogP contribution is 2.65. The molecule has 4 aliphatic carbocycles. The Bertz CT molecular complexity index is 1380. The molecule has 2 aromatic rings. The number of hydrogen-bond acceptors (Lipinski definition) is 6. The van der Waals surface area contributed by atoms with Gasteiger partial charge < -0.3 is 25.2 Å². The van der Waals surface area contributed by atoms with Crippen molar-refractivity contribution in [2.75, 3.05) is 25.6 Å². The molecule has 45 heavy (non-hydrogen) atoms. The number of ether oxygens (including phenoxy) is 2. The summed E-state index contributed by atoms with van der Waals surface area (Å²) in [6.07, 6.45) is 16.7. The minimum Gasteiger partial charge on any atom is -0.497 e. The highest BCUT2D eigenvalue weighted by Gasteiger charge is 2.58. The molecule has 4 aliphatic rings. The number of aliphatic hydroxyl groups is 1. The Morgan fingerprint density at radius 3 is 2.84 bits per heavy atom. The minimum absolute atomic E-state index is 0.119. The number of benzene rings is 1. The van der Waals surface area contributed by atoms with Crippen LogP contribution in [-0.4, -0.2) is 54.5 Å². The Morgan fingerprint density at radius 2 is 2.00 bits per heavy atom. The Labute approximate surface area is 269 Å². The van der Waals surface area contributed by atoms with Gasteiger partial charge in [0.2, 0.25) is 5.91 Å². The molecule has 0 radical (unpaired) electrons. The van der Waals surface area contributed by atoms with E-state index in [4.69, 9.17) is 9.47 Å². The van der Waals surface area contributed by atoms with Gasteiger partial charge in [0.05, 0.1) is 30.5 Å². The maximum Gasteiger partial charge on any atom is 0.220 e. The summed E-state index contributed by atoms with van der Waals surface area (Å²) in [5, 5.41) is 18.0. The third-order valence-corrected chi connectivity index (χ3v) is 12.3. The second-order valence-corrected chi connectivity index (χ2v) is 15.0. The van der Waals surface area contributed by atoms with Crippen molar-refractivity contribution >= 4 is 22.5 Å². The van der Waals surface area contributed by atoms with E-state index in [1.165, 1.54) is 25.7 Å². The van der Waals surface area contributed by atoms with E-state index in [2.05, 4.69) is 42.5 Å². The summed E-state index contributed by atoms with van der Waals surface area (Å²) in [4.78, 5) is 17.1. The third-order valence-electron chi connectivity index (χ3n) is 12.3. The summed E-state index contributed by atoms with van der Waals surface area (Å²) in [6, 6.07) is 8.22. The molecule has 0 aliphatic heterocycles. The number of pyridine rings is 1. The van der Waals surface area contributed by atoms with E-state index < -0.39 is 0 Å². The average Bonchev–Trinajstić information content (AvgIpc) is 3.37. The van der Waals surface area contributed by atoms with Gasteiger partial charge >= 0.3 is 0 Å². The second-order valence-electron chi connectivity index (χ2n) is 15.0. The maximum absolute atomic E-state index is 12.6. The molecule has 1 unspecified atom stereocenters. The first-order valence-electron chi connectivity index (χ1n) is 17.7. The number of methoxy groups -OCH3 is 1. The first kappa shape index (κ1) is 32.3. The highest BCUT2D eigenvalue weighted by molar-refractivity contribution is 5.91. The topological polar surface area (TPSA) is 92.7 Å². The molecule has 3 fully saturated rings. The summed E-state index contributed by atoms with van der Waals surface area (Å²) >= 11 is 0. The van der Waals surface area contributed by atoms with Crippen molar-refractivity contribution < 1.29 is 19.4 Å². The van der Waals surface area contributed by atoms with Crippen molar-refractivity contribution in [2.24, 2.45) is 28.6 Å². The quantitative estimate of drug-likeness (QED) is 0.169. The van der Waals surface area contributed by atoms with Crippen LogP contribution < -0.4 is 15.4 Å². The second kappa shape index (κ2) is 13.6. The van der Waals surface area contributed by atoms with Gasteiger partial charge in [-0.3, -0.25) is 9.78 Å². The fourth-order valence-electron chi connectivity index (χ4n) is 9.78. The van der Waals surface area contributed by atoms with Crippen molar-refractivity contribution in [2.45, 2.75) is 116 Å². The largest absolute Gasteiger partial charge is 0.497 e. The molecule has 246 valence electrons. The Morgan fingerprint density at radius 1 is 1.13 bits per heavy atom. The Kier molecular flexibility index (Phi) is 9.77.